The molecule has 0 saturated carbocycles. The fourth-order valence-corrected chi connectivity index (χ4v) is 2.27. The van der Waals surface area contributed by atoms with Gasteiger partial charge in [-0.3, -0.25) is 14.2 Å². The Morgan fingerprint density at radius 1 is 1.40 bits per heavy atom. The largest absolute Gasteiger partial charge is 0.480 e. The number of rotatable bonds is 4. The van der Waals surface area contributed by atoms with Gasteiger partial charge in [-0.1, -0.05) is 0 Å². The predicted molar refractivity (Wildman–Crippen MR) is 49.5 cm³/mol. The number of carbonyl (C=O) groups excluding carboxylic acids is 1. The average Bonchev–Trinajstić information content (AvgIpc) is 2.47. The van der Waals surface area contributed by atoms with E-state index in [9.17, 15) is 14.2 Å². The lowest BCUT2D eigenvalue weighted by Gasteiger charge is -2.14. The summed E-state index contributed by atoms with van der Waals surface area (Å²) in [5.74, 6) is -2.70. The Labute approximate surface area is 85.6 Å². The number of hydrogen-bond acceptors (Lipinski definition) is 4. The van der Waals surface area contributed by atoms with Gasteiger partial charge in [-0.2, -0.15) is 0 Å². The molecule has 7 nitrogen and oxygen atoms in total. The Morgan fingerprint density at radius 3 is 2.47 bits per heavy atom. The van der Waals surface area contributed by atoms with E-state index in [4.69, 9.17) is 14.9 Å². The van der Waals surface area contributed by atoms with Crippen LogP contribution >= 0.6 is 7.60 Å². The van der Waals surface area contributed by atoms with Crippen molar-refractivity contribution < 1.29 is 29.0 Å². The van der Waals surface area contributed by atoms with E-state index in [0.29, 0.717) is 13.0 Å². The lowest BCUT2D eigenvalue weighted by molar-refractivity contribution is -0.142. The van der Waals surface area contributed by atoms with Crippen LogP contribution in [0.15, 0.2) is 0 Å². The third kappa shape index (κ3) is 3.39. The molecule has 2 unspecified atom stereocenters. The summed E-state index contributed by atoms with van der Waals surface area (Å²) in [7, 11) is -4.40. The number of carbonyl (C=O) groups is 2. The molecule has 0 bridgehead atoms. The molecule has 1 fully saturated rings. The second kappa shape index (κ2) is 4.40. The van der Waals surface area contributed by atoms with E-state index < -0.39 is 37.5 Å². The molecule has 1 rings (SSSR count). The number of carboxylic acids is 1. The smallest absolute Gasteiger partial charge is 0.332 e. The van der Waals surface area contributed by atoms with Crippen LogP contribution in [0.25, 0.3) is 0 Å². The maximum atomic E-state index is 11.4. The van der Waals surface area contributed by atoms with Crippen LogP contribution in [-0.2, 0) is 14.2 Å². The highest BCUT2D eigenvalue weighted by atomic mass is 31.2. The summed E-state index contributed by atoms with van der Waals surface area (Å²) in [6, 6.07) is -1.02. The van der Waals surface area contributed by atoms with Gasteiger partial charge in [0.25, 0.3) is 0 Å². The van der Waals surface area contributed by atoms with Gasteiger partial charge in [0.1, 0.15) is 18.0 Å². The second-order valence-corrected chi connectivity index (χ2v) is 5.10. The highest BCUT2D eigenvalue weighted by molar-refractivity contribution is 7.52. The van der Waals surface area contributed by atoms with Gasteiger partial charge in [0.15, 0.2) is 0 Å². The Bertz CT molecular complexity index is 323. The van der Waals surface area contributed by atoms with E-state index in [1.807, 2.05) is 0 Å². The molecule has 0 aromatic carbocycles. The van der Waals surface area contributed by atoms with E-state index in [1.54, 1.807) is 0 Å². The van der Waals surface area contributed by atoms with Crippen molar-refractivity contribution in [1.29, 1.82) is 0 Å². The van der Waals surface area contributed by atoms with Crippen LogP contribution < -0.4 is 5.32 Å². The topological polar surface area (TPSA) is 124 Å². The third-order valence-corrected chi connectivity index (χ3v) is 2.99. The van der Waals surface area contributed by atoms with Gasteiger partial charge >= 0.3 is 13.6 Å². The summed E-state index contributed by atoms with van der Waals surface area (Å²) in [6.07, 6.45) is -0.584. The molecule has 0 amide bonds. The number of Topliss-reactive ketones (excluding diaryl/α,β-unsaturated/α-hetero) is 1. The van der Waals surface area contributed by atoms with Gasteiger partial charge in [-0.15, -0.1) is 0 Å². The van der Waals surface area contributed by atoms with Gasteiger partial charge < -0.3 is 20.2 Å². The molecule has 0 aromatic heterocycles. The Kier molecular flexibility index (Phi) is 3.62. The van der Waals surface area contributed by atoms with Crippen molar-refractivity contribution in [2.24, 2.45) is 5.92 Å². The van der Waals surface area contributed by atoms with E-state index in [1.165, 1.54) is 0 Å². The van der Waals surface area contributed by atoms with Gasteiger partial charge in [0, 0.05) is 5.92 Å². The van der Waals surface area contributed by atoms with Crippen LogP contribution in [0, 0.1) is 5.92 Å². The summed E-state index contributed by atoms with van der Waals surface area (Å²) in [5, 5.41) is 11.3. The van der Waals surface area contributed by atoms with Gasteiger partial charge in [-0.05, 0) is 13.0 Å². The lowest BCUT2D eigenvalue weighted by atomic mass is 9.97. The van der Waals surface area contributed by atoms with Crippen LogP contribution in [0.3, 0.4) is 0 Å². The molecule has 1 saturated heterocycles. The predicted octanol–water partition coefficient (Wildman–Crippen LogP) is -1.20. The zero-order valence-corrected chi connectivity index (χ0v) is 8.68. The highest BCUT2D eigenvalue weighted by Gasteiger charge is 2.39. The second-order valence-electron chi connectivity index (χ2n) is 3.45. The van der Waals surface area contributed by atoms with E-state index in [0.717, 1.165) is 0 Å². The van der Waals surface area contributed by atoms with Crippen LogP contribution in [0.1, 0.15) is 6.42 Å². The molecule has 0 aliphatic carbocycles. The SMILES string of the molecule is O=C(CP(=O)(O)O)C1CCNC1C(=O)O. The van der Waals surface area contributed by atoms with Crippen molar-refractivity contribution in [3.63, 3.8) is 0 Å². The van der Waals surface area contributed by atoms with E-state index in [-0.39, 0.29) is 0 Å². The Morgan fingerprint density at radius 2 is 2.00 bits per heavy atom. The first-order chi connectivity index (χ1) is 6.81. The quantitative estimate of drug-likeness (QED) is 0.452. The third-order valence-electron chi connectivity index (χ3n) is 2.26. The zero-order valence-electron chi connectivity index (χ0n) is 7.79. The first-order valence-electron chi connectivity index (χ1n) is 4.35. The fraction of sp³-hybridized carbons (Fsp3) is 0.714. The van der Waals surface area contributed by atoms with Gasteiger partial charge in [0.2, 0.25) is 0 Å². The molecule has 0 aromatic rings. The monoisotopic (exact) mass is 237 g/mol. The van der Waals surface area contributed by atoms with E-state index in [2.05, 4.69) is 5.32 Å². The fourth-order valence-electron chi connectivity index (χ4n) is 1.63. The number of hydrogen-bond donors (Lipinski definition) is 4. The number of carboxylic acid groups (broad SMARTS) is 1. The molecule has 1 aliphatic rings. The van der Waals surface area contributed by atoms with Crippen molar-refractivity contribution in [3.05, 3.63) is 0 Å². The number of nitrogens with one attached hydrogen (secondary N) is 1. The molecule has 1 aliphatic heterocycles. The minimum absolute atomic E-state index is 0.301. The molecule has 0 spiro atoms. The molecule has 1 heterocycles. The molecular formula is C7H12NO6P. The first kappa shape index (κ1) is 12.3. The molecule has 0 radical (unpaired) electrons. The summed E-state index contributed by atoms with van der Waals surface area (Å²) in [5.41, 5.74) is 0. The van der Waals surface area contributed by atoms with E-state index >= 15 is 0 Å². The van der Waals surface area contributed by atoms with Crippen molar-refractivity contribution in [2.75, 3.05) is 12.7 Å². The minimum Gasteiger partial charge on any atom is -0.480 e. The normalized spacial score (nSPS) is 26.5. The van der Waals surface area contributed by atoms with Crippen molar-refractivity contribution in [1.82, 2.24) is 5.32 Å². The number of ketones is 1. The molecule has 15 heavy (non-hydrogen) atoms. The van der Waals surface area contributed by atoms with Gasteiger partial charge in [-0.25, -0.2) is 0 Å². The van der Waals surface area contributed by atoms with Crippen LogP contribution in [-0.4, -0.2) is 45.4 Å². The molecular weight excluding hydrogens is 225 g/mol. The molecule has 2 atom stereocenters. The average molecular weight is 237 g/mol. The van der Waals surface area contributed by atoms with Crippen molar-refractivity contribution in [3.8, 4) is 0 Å². The zero-order chi connectivity index (χ0) is 11.6. The first-order valence-corrected chi connectivity index (χ1v) is 6.14. The standard InChI is InChI=1S/C7H12NO6P/c9-5(3-15(12,13)14)4-1-2-8-6(4)7(10)11/h4,6,8H,1-3H2,(H,10,11)(H2,12,13,14). The summed E-state index contributed by atoms with van der Waals surface area (Å²) in [6.45, 7) is 0.370. The molecule has 4 N–H and O–H groups in total. The molecule has 86 valence electrons. The highest BCUT2D eigenvalue weighted by Crippen LogP contribution is 2.36. The summed E-state index contributed by atoms with van der Waals surface area (Å²) >= 11 is 0. The van der Waals surface area contributed by atoms with Crippen LogP contribution in [0.5, 0.6) is 0 Å². The lowest BCUT2D eigenvalue weighted by Crippen LogP contribution is -2.39. The molecule has 8 heteroatoms. The van der Waals surface area contributed by atoms with Crippen molar-refractivity contribution in [2.45, 2.75) is 12.5 Å². The minimum atomic E-state index is -4.40. The Hall–Kier alpha value is -0.750. The Balaban J connectivity index is 2.67. The van der Waals surface area contributed by atoms with Crippen molar-refractivity contribution >= 4 is 19.3 Å². The summed E-state index contributed by atoms with van der Waals surface area (Å²) < 4.78 is 10.6. The summed E-state index contributed by atoms with van der Waals surface area (Å²) in [4.78, 5) is 39.2. The van der Waals surface area contributed by atoms with Crippen LogP contribution in [0.2, 0.25) is 0 Å². The number of aliphatic carboxylic acids is 1. The van der Waals surface area contributed by atoms with Crippen LogP contribution in [0.4, 0.5) is 0 Å². The maximum absolute atomic E-state index is 11.4. The maximum Gasteiger partial charge on any atom is 0.332 e. The van der Waals surface area contributed by atoms with Gasteiger partial charge in [0.05, 0.1) is 0 Å².